The topological polar surface area (TPSA) is 136 Å². The number of nitrogens with zero attached hydrogens (tertiary/aromatic N) is 3. The Morgan fingerprint density at radius 2 is 1.41 bits per heavy atom. The van der Waals surface area contributed by atoms with Crippen molar-refractivity contribution < 1.29 is 62.4 Å². The number of benzene rings is 2. The van der Waals surface area contributed by atoms with Crippen LogP contribution >= 0.6 is 0 Å². The number of halogens is 2. The number of rotatable bonds is 15. The number of unbranched alkanes of at least 4 members (excludes halogenated alkanes) is 1. The molecule has 5 N–H and O–H groups in total. The van der Waals surface area contributed by atoms with Gasteiger partial charge in [0.1, 0.15) is 51.1 Å². The maximum atomic E-state index is 6.02. The summed E-state index contributed by atoms with van der Waals surface area (Å²) < 4.78 is 40.6. The van der Waals surface area contributed by atoms with Crippen LogP contribution in [0.25, 0.3) is 0 Å². The van der Waals surface area contributed by atoms with Crippen LogP contribution in [0.5, 0.6) is 0 Å². The van der Waals surface area contributed by atoms with Gasteiger partial charge >= 0.3 is 11.9 Å². The summed E-state index contributed by atoms with van der Waals surface area (Å²) in [6.45, 7) is 3.21. The van der Waals surface area contributed by atoms with Crippen LogP contribution in [-0.2, 0) is 54.5 Å². The third-order valence-electron chi connectivity index (χ3n) is 7.37. The molecule has 2 aliphatic heterocycles. The molecule has 0 aliphatic carbocycles. The normalized spacial score (nSPS) is 16.4. The van der Waals surface area contributed by atoms with Gasteiger partial charge in [-0.25, -0.2) is 18.7 Å². The monoisotopic (exact) mass is 672 g/mol. The lowest BCUT2D eigenvalue weighted by molar-refractivity contribution is -0.704. The van der Waals surface area contributed by atoms with Gasteiger partial charge < -0.3 is 64.7 Å². The van der Waals surface area contributed by atoms with Crippen molar-refractivity contribution in [3.8, 4) is 0 Å². The standard InChI is InChI=1S/C32H37N6O6.2ClH/c33-26-9-3-1-7-24(26)31-41-21-29(43-31)39-19-17-37-16-15-36(23-37)13-6-5-11-28-35-12-14-38(28)18-20-40-30-22-42-32(44-30)25-8-2-4-10-27(25)34;;/h1-4,7-10,12,14-16,21-23,31-32H,5-6,11,13,17-20,33-34H2;2*1H/q+1;;/p-1. The van der Waals surface area contributed by atoms with E-state index in [2.05, 4.69) is 31.2 Å². The molecule has 0 saturated carbocycles. The lowest BCUT2D eigenvalue weighted by Crippen LogP contribution is -3.00. The number of nitrogens with one attached hydrogen (secondary N) is 1. The zero-order chi connectivity index (χ0) is 30.1. The Bertz CT molecular complexity index is 1610. The van der Waals surface area contributed by atoms with Gasteiger partial charge in [0.25, 0.3) is 18.4 Å². The number of H-pyrrole nitrogens is 1. The molecule has 12 nitrogen and oxygen atoms in total. The van der Waals surface area contributed by atoms with E-state index >= 15 is 0 Å². The molecule has 4 aromatic rings. The Morgan fingerprint density at radius 1 is 0.783 bits per heavy atom. The Labute approximate surface area is 279 Å². The molecule has 0 saturated heterocycles. The first kappa shape index (κ1) is 34.2. The number of anilines is 2. The maximum absolute atomic E-state index is 6.02. The summed E-state index contributed by atoms with van der Waals surface area (Å²) in [7, 11) is 0. The summed E-state index contributed by atoms with van der Waals surface area (Å²) in [5, 5.41) is 0. The second kappa shape index (κ2) is 16.6. The van der Waals surface area contributed by atoms with Crippen molar-refractivity contribution in [2.75, 3.05) is 24.7 Å². The van der Waals surface area contributed by atoms with Crippen LogP contribution in [0.1, 0.15) is 42.4 Å². The number of nitrogens with two attached hydrogens (primary N) is 2. The minimum atomic E-state index is -0.585. The van der Waals surface area contributed by atoms with Crippen molar-refractivity contribution in [2.45, 2.75) is 51.5 Å². The molecule has 0 radical (unpaired) electrons. The first-order valence-corrected chi connectivity index (χ1v) is 14.7. The quantitative estimate of drug-likeness (QED) is 0.0730. The lowest BCUT2D eigenvalue weighted by Gasteiger charge is -2.13. The Morgan fingerprint density at radius 3 is 2.07 bits per heavy atom. The third-order valence-corrected chi connectivity index (χ3v) is 7.37. The summed E-state index contributed by atoms with van der Waals surface area (Å²) in [6.07, 6.45) is 15.0. The molecule has 2 unspecified atom stereocenters. The highest BCUT2D eigenvalue weighted by Crippen LogP contribution is 2.33. The minimum absolute atomic E-state index is 0. The van der Waals surface area contributed by atoms with Gasteiger partial charge in [-0.3, -0.25) is 0 Å². The zero-order valence-corrected chi connectivity index (χ0v) is 26.7. The number of para-hydroxylation sites is 2. The number of ether oxygens (including phenoxy) is 6. The highest BCUT2D eigenvalue weighted by molar-refractivity contribution is 5.48. The largest absolute Gasteiger partial charge is 1.00 e. The maximum Gasteiger partial charge on any atom is 0.319 e. The Hall–Kier alpha value is -4.68. The van der Waals surface area contributed by atoms with Gasteiger partial charge in [0.2, 0.25) is 6.33 Å². The van der Waals surface area contributed by atoms with E-state index in [1.165, 1.54) is 12.5 Å². The Kier molecular flexibility index (Phi) is 12.3. The number of aromatic amines is 1. The fourth-order valence-corrected chi connectivity index (χ4v) is 5.03. The van der Waals surface area contributed by atoms with E-state index in [-0.39, 0.29) is 24.8 Å². The van der Waals surface area contributed by atoms with Crippen LogP contribution in [-0.4, -0.2) is 22.8 Å². The van der Waals surface area contributed by atoms with Gasteiger partial charge in [0.15, 0.2) is 12.5 Å². The van der Waals surface area contributed by atoms with Crippen molar-refractivity contribution in [1.29, 1.82) is 0 Å². The van der Waals surface area contributed by atoms with Crippen LogP contribution in [0.2, 0.25) is 0 Å². The minimum Gasteiger partial charge on any atom is -1.00 e. The molecule has 0 amide bonds. The molecule has 246 valence electrons. The van der Waals surface area contributed by atoms with Crippen molar-refractivity contribution in [3.63, 3.8) is 0 Å². The van der Waals surface area contributed by atoms with Crippen LogP contribution in [0.4, 0.5) is 11.4 Å². The van der Waals surface area contributed by atoms with E-state index < -0.39 is 12.6 Å². The van der Waals surface area contributed by atoms with E-state index in [0.29, 0.717) is 49.6 Å². The molecule has 2 aromatic carbocycles. The van der Waals surface area contributed by atoms with Gasteiger partial charge in [-0.2, -0.15) is 0 Å². The fraction of sp³-hybridized carbons (Fsp3) is 0.312. The molecular weight excluding hydrogens is 635 g/mol. The summed E-state index contributed by atoms with van der Waals surface area (Å²) in [5.41, 5.74) is 14.8. The molecule has 2 atom stereocenters. The van der Waals surface area contributed by atoms with Crippen LogP contribution in [0.15, 0.2) is 104 Å². The molecule has 4 heterocycles. The van der Waals surface area contributed by atoms with Gasteiger partial charge in [0.05, 0.1) is 17.7 Å². The van der Waals surface area contributed by atoms with Crippen LogP contribution < -0.4 is 45.4 Å². The van der Waals surface area contributed by atoms with Gasteiger partial charge in [-0.15, -0.1) is 0 Å². The fourth-order valence-electron chi connectivity index (χ4n) is 5.03. The second-order valence-corrected chi connectivity index (χ2v) is 10.4. The van der Waals surface area contributed by atoms with E-state index in [1.54, 1.807) is 0 Å². The molecule has 6 rings (SSSR count). The summed E-state index contributed by atoms with van der Waals surface area (Å²) in [6, 6.07) is 14.9. The highest BCUT2D eigenvalue weighted by Gasteiger charge is 2.26. The average molecular weight is 674 g/mol. The predicted octanol–water partition coefficient (Wildman–Crippen LogP) is -2.29. The smallest absolute Gasteiger partial charge is 0.319 e. The van der Waals surface area contributed by atoms with Crippen LogP contribution in [0, 0.1) is 0 Å². The highest BCUT2D eigenvalue weighted by atomic mass is 35.5. The third kappa shape index (κ3) is 8.73. The van der Waals surface area contributed by atoms with E-state index in [1.807, 2.05) is 67.1 Å². The lowest BCUT2D eigenvalue weighted by atomic mass is 10.2. The summed E-state index contributed by atoms with van der Waals surface area (Å²) in [4.78, 5) is 3.35. The van der Waals surface area contributed by atoms with E-state index in [0.717, 1.165) is 42.8 Å². The number of hydrogen-bond donors (Lipinski definition) is 3. The zero-order valence-electron chi connectivity index (χ0n) is 25.2. The molecule has 2 aliphatic rings. The van der Waals surface area contributed by atoms with Crippen molar-refractivity contribution in [2.24, 2.45) is 0 Å². The molecule has 14 heteroatoms. The summed E-state index contributed by atoms with van der Waals surface area (Å²) in [5.74, 6) is 1.86. The van der Waals surface area contributed by atoms with Crippen molar-refractivity contribution in [1.82, 2.24) is 9.55 Å². The van der Waals surface area contributed by atoms with E-state index in [4.69, 9.17) is 39.9 Å². The van der Waals surface area contributed by atoms with Crippen molar-refractivity contribution in [3.05, 3.63) is 121 Å². The van der Waals surface area contributed by atoms with Gasteiger partial charge in [0, 0.05) is 17.8 Å². The average Bonchev–Trinajstić information content (AvgIpc) is 3.85. The van der Waals surface area contributed by atoms with Gasteiger partial charge in [-0.1, -0.05) is 24.3 Å². The molecule has 0 spiro atoms. The first-order valence-electron chi connectivity index (χ1n) is 14.7. The van der Waals surface area contributed by atoms with Crippen LogP contribution in [0.3, 0.4) is 0 Å². The predicted molar refractivity (Wildman–Crippen MR) is 158 cm³/mol. The van der Waals surface area contributed by atoms with E-state index in [9.17, 15) is 0 Å². The SMILES string of the molecule is Nc1ccccc1C1OC=C(OCCn2cc[n+](CCCCc3[nH]cc[n+]3CCOC3=COC(c4ccccc4N)O3)c2)O1.[Cl-].[Cl-]. The number of nitrogen functional groups attached to an aromatic ring is 2. The summed E-state index contributed by atoms with van der Waals surface area (Å²) >= 11 is 0. The number of hydrogen-bond acceptors (Lipinski definition) is 8. The molecule has 0 fully saturated rings. The number of imidazole rings is 2. The number of aryl methyl sites for hydroxylation is 2. The van der Waals surface area contributed by atoms with Gasteiger partial charge in [-0.05, 0) is 37.1 Å². The molecular formula is C32H38Cl2N6O6. The molecule has 2 aromatic heterocycles. The molecule has 46 heavy (non-hydrogen) atoms. The Balaban J connectivity index is 0.00000240. The molecule has 0 bridgehead atoms. The van der Waals surface area contributed by atoms with Crippen molar-refractivity contribution >= 4 is 11.4 Å². The first-order chi connectivity index (χ1) is 21.6. The second-order valence-electron chi connectivity index (χ2n) is 10.4. The number of aromatic nitrogens is 4.